The summed E-state index contributed by atoms with van der Waals surface area (Å²) >= 11 is 0. The van der Waals surface area contributed by atoms with E-state index in [1.807, 2.05) is 0 Å². The molecule has 2 fully saturated rings. The Balaban J connectivity index is 2.01. The average molecular weight is 281 g/mol. The molecule has 0 aromatic heterocycles. The minimum Gasteiger partial charge on any atom is -0.480 e. The van der Waals surface area contributed by atoms with E-state index in [2.05, 4.69) is 0 Å². The van der Waals surface area contributed by atoms with Gasteiger partial charge in [-0.2, -0.15) is 0 Å². The molecule has 0 heterocycles. The van der Waals surface area contributed by atoms with Gasteiger partial charge in [0, 0.05) is 12.0 Å². The highest BCUT2D eigenvalue weighted by atomic mass is 16.4. The van der Waals surface area contributed by atoms with Crippen LogP contribution in [0.2, 0.25) is 0 Å². The number of amides is 1. The molecule has 2 aliphatic carbocycles. The first-order valence-electron chi connectivity index (χ1n) is 8.21. The van der Waals surface area contributed by atoms with Gasteiger partial charge in [-0.3, -0.25) is 9.59 Å². The minimum atomic E-state index is -0.879. The summed E-state index contributed by atoms with van der Waals surface area (Å²) in [5.41, 5.74) is 0. The van der Waals surface area contributed by atoms with E-state index in [0.29, 0.717) is 0 Å². The van der Waals surface area contributed by atoms with Crippen LogP contribution in [0.4, 0.5) is 0 Å². The van der Waals surface area contributed by atoms with E-state index in [-0.39, 0.29) is 24.4 Å². The molecule has 0 spiro atoms. The first-order valence-corrected chi connectivity index (χ1v) is 8.21. The van der Waals surface area contributed by atoms with Gasteiger partial charge in [-0.1, -0.05) is 44.9 Å². The molecular weight excluding hydrogens is 254 g/mol. The lowest BCUT2D eigenvalue weighted by atomic mass is 9.89. The van der Waals surface area contributed by atoms with Gasteiger partial charge >= 0.3 is 5.97 Å². The first kappa shape index (κ1) is 15.3. The van der Waals surface area contributed by atoms with Crippen molar-refractivity contribution < 1.29 is 14.7 Å². The van der Waals surface area contributed by atoms with E-state index in [4.69, 9.17) is 5.11 Å². The standard InChI is InChI=1S/C16H27NO3/c18-15(19)12-17(14-10-6-7-11-14)16(20)13-8-4-2-1-3-5-9-13/h13-14H,1-12H2,(H,18,19). The van der Waals surface area contributed by atoms with Crippen molar-refractivity contribution in [3.63, 3.8) is 0 Å². The number of rotatable bonds is 4. The van der Waals surface area contributed by atoms with Gasteiger partial charge in [0.25, 0.3) is 0 Å². The van der Waals surface area contributed by atoms with E-state index in [1.54, 1.807) is 4.90 Å². The van der Waals surface area contributed by atoms with Crippen molar-refractivity contribution in [1.29, 1.82) is 0 Å². The molecule has 4 heteroatoms. The predicted octanol–water partition coefficient (Wildman–Crippen LogP) is 3.20. The Morgan fingerprint density at radius 3 is 1.90 bits per heavy atom. The number of carbonyl (C=O) groups excluding carboxylic acids is 1. The third-order valence-electron chi connectivity index (χ3n) is 4.81. The van der Waals surface area contributed by atoms with Gasteiger partial charge in [0.15, 0.2) is 0 Å². The van der Waals surface area contributed by atoms with Gasteiger partial charge in [-0.05, 0) is 25.7 Å². The van der Waals surface area contributed by atoms with E-state index in [1.165, 1.54) is 19.3 Å². The third kappa shape index (κ3) is 4.22. The van der Waals surface area contributed by atoms with Crippen molar-refractivity contribution >= 4 is 11.9 Å². The van der Waals surface area contributed by atoms with Crippen LogP contribution in [0, 0.1) is 5.92 Å². The zero-order chi connectivity index (χ0) is 14.4. The smallest absolute Gasteiger partial charge is 0.323 e. The zero-order valence-corrected chi connectivity index (χ0v) is 12.4. The van der Waals surface area contributed by atoms with Crippen LogP contribution in [-0.2, 0) is 9.59 Å². The Morgan fingerprint density at radius 2 is 1.35 bits per heavy atom. The number of carboxylic acid groups (broad SMARTS) is 1. The van der Waals surface area contributed by atoms with Gasteiger partial charge in [-0.25, -0.2) is 0 Å². The summed E-state index contributed by atoms with van der Waals surface area (Å²) in [4.78, 5) is 25.5. The molecule has 0 aromatic rings. The largest absolute Gasteiger partial charge is 0.480 e. The van der Waals surface area contributed by atoms with Crippen molar-refractivity contribution in [2.45, 2.75) is 76.7 Å². The van der Waals surface area contributed by atoms with Gasteiger partial charge in [0.2, 0.25) is 5.91 Å². The van der Waals surface area contributed by atoms with E-state index in [9.17, 15) is 9.59 Å². The van der Waals surface area contributed by atoms with Crippen LogP contribution in [0.15, 0.2) is 0 Å². The molecule has 0 unspecified atom stereocenters. The Labute approximate surface area is 121 Å². The van der Waals surface area contributed by atoms with Gasteiger partial charge in [-0.15, -0.1) is 0 Å². The fourth-order valence-electron chi connectivity index (χ4n) is 3.69. The number of hydrogen-bond donors (Lipinski definition) is 1. The summed E-state index contributed by atoms with van der Waals surface area (Å²) in [6.45, 7) is -0.111. The Bertz CT molecular complexity index is 329. The summed E-state index contributed by atoms with van der Waals surface area (Å²) in [6.07, 6.45) is 12.0. The molecule has 0 radical (unpaired) electrons. The molecule has 2 rings (SSSR count). The minimum absolute atomic E-state index is 0.0650. The van der Waals surface area contributed by atoms with Crippen molar-refractivity contribution in [2.75, 3.05) is 6.54 Å². The fraction of sp³-hybridized carbons (Fsp3) is 0.875. The lowest BCUT2D eigenvalue weighted by molar-refractivity contribution is -0.148. The lowest BCUT2D eigenvalue weighted by Gasteiger charge is -2.31. The topological polar surface area (TPSA) is 57.6 Å². The number of aliphatic carboxylic acids is 1. The van der Waals surface area contributed by atoms with Gasteiger partial charge < -0.3 is 10.0 Å². The molecular formula is C16H27NO3. The maximum absolute atomic E-state index is 12.7. The predicted molar refractivity (Wildman–Crippen MR) is 77.4 cm³/mol. The Morgan fingerprint density at radius 1 is 0.850 bits per heavy atom. The molecule has 0 saturated heterocycles. The number of nitrogens with zero attached hydrogens (tertiary/aromatic N) is 1. The van der Waals surface area contributed by atoms with Crippen molar-refractivity contribution in [3.05, 3.63) is 0 Å². The third-order valence-corrected chi connectivity index (χ3v) is 4.81. The highest BCUT2D eigenvalue weighted by molar-refractivity contribution is 5.83. The van der Waals surface area contributed by atoms with Crippen LogP contribution in [0.5, 0.6) is 0 Å². The molecule has 20 heavy (non-hydrogen) atoms. The molecule has 0 aromatic carbocycles. The maximum Gasteiger partial charge on any atom is 0.323 e. The second-order valence-electron chi connectivity index (χ2n) is 6.34. The molecule has 0 aliphatic heterocycles. The molecule has 2 saturated carbocycles. The quantitative estimate of drug-likeness (QED) is 0.861. The van der Waals surface area contributed by atoms with Crippen molar-refractivity contribution in [3.8, 4) is 0 Å². The first-order chi connectivity index (χ1) is 9.68. The normalized spacial score (nSPS) is 22.2. The van der Waals surface area contributed by atoms with Crippen molar-refractivity contribution in [2.24, 2.45) is 5.92 Å². The van der Waals surface area contributed by atoms with Crippen molar-refractivity contribution in [1.82, 2.24) is 4.90 Å². The molecule has 2 aliphatic rings. The molecule has 1 N–H and O–H groups in total. The highest BCUT2D eigenvalue weighted by Crippen LogP contribution is 2.29. The summed E-state index contributed by atoms with van der Waals surface area (Å²) in [7, 11) is 0. The molecule has 4 nitrogen and oxygen atoms in total. The summed E-state index contributed by atoms with van der Waals surface area (Å²) in [5.74, 6) is -0.701. The molecule has 0 atom stereocenters. The summed E-state index contributed by atoms with van der Waals surface area (Å²) < 4.78 is 0. The van der Waals surface area contributed by atoms with E-state index < -0.39 is 5.97 Å². The Hall–Kier alpha value is -1.06. The SMILES string of the molecule is O=C(O)CN(C(=O)C1CCCCCCC1)C1CCCC1. The van der Waals surface area contributed by atoms with Crippen LogP contribution < -0.4 is 0 Å². The maximum atomic E-state index is 12.7. The summed E-state index contributed by atoms with van der Waals surface area (Å²) in [6, 6.07) is 0.170. The van der Waals surface area contributed by atoms with Crippen LogP contribution in [-0.4, -0.2) is 34.5 Å². The monoisotopic (exact) mass is 281 g/mol. The number of carboxylic acids is 1. The second kappa shape index (κ2) is 7.65. The number of hydrogen-bond acceptors (Lipinski definition) is 2. The zero-order valence-electron chi connectivity index (χ0n) is 12.4. The number of carbonyl (C=O) groups is 2. The summed E-state index contributed by atoms with van der Waals surface area (Å²) in [5, 5.41) is 9.10. The van der Waals surface area contributed by atoms with E-state index >= 15 is 0 Å². The van der Waals surface area contributed by atoms with Crippen LogP contribution in [0.1, 0.15) is 70.6 Å². The van der Waals surface area contributed by atoms with Gasteiger partial charge in [0.1, 0.15) is 6.54 Å². The lowest BCUT2D eigenvalue weighted by Crippen LogP contribution is -2.45. The van der Waals surface area contributed by atoms with Crippen LogP contribution >= 0.6 is 0 Å². The fourth-order valence-corrected chi connectivity index (χ4v) is 3.69. The second-order valence-corrected chi connectivity index (χ2v) is 6.34. The van der Waals surface area contributed by atoms with Crippen LogP contribution in [0.25, 0.3) is 0 Å². The van der Waals surface area contributed by atoms with Gasteiger partial charge in [0.05, 0.1) is 0 Å². The van der Waals surface area contributed by atoms with E-state index in [0.717, 1.165) is 51.4 Å². The average Bonchev–Trinajstić information content (AvgIpc) is 2.88. The molecule has 114 valence electrons. The Kier molecular flexibility index (Phi) is 5.86. The van der Waals surface area contributed by atoms with Crippen LogP contribution in [0.3, 0.4) is 0 Å². The molecule has 0 bridgehead atoms. The highest BCUT2D eigenvalue weighted by Gasteiger charge is 2.32. The molecule has 1 amide bonds.